The van der Waals surface area contributed by atoms with E-state index in [2.05, 4.69) is 83.2 Å². The molecule has 39 nitrogen and oxygen atoms in total. The Morgan fingerprint density at radius 2 is 1.27 bits per heavy atom. The highest BCUT2D eigenvalue weighted by molar-refractivity contribution is 6.06. The number of unbranched alkanes of at least 4 members (excludes halogenated alkanes) is 1. The van der Waals surface area contributed by atoms with Crippen LogP contribution >= 0.6 is 0 Å². The lowest BCUT2D eigenvalue weighted by Crippen LogP contribution is -2.55. The molecule has 696 valence electrons. The normalized spacial score (nSPS) is 13.8. The molecule has 6 rings (SSSR count). The molecule has 2 aromatic heterocycles. The zero-order valence-electron chi connectivity index (χ0n) is 73.4. The van der Waals surface area contributed by atoms with Crippen molar-refractivity contribution >= 4 is 93.8 Å². The highest BCUT2D eigenvalue weighted by Gasteiger charge is 2.44. The predicted octanol–water partition coefficient (Wildman–Crippen LogP) is 3.64. The van der Waals surface area contributed by atoms with Gasteiger partial charge < -0.3 is 78.4 Å². The molecule has 0 aliphatic heterocycles. The molecule has 0 radical (unpaired) electrons. The highest BCUT2D eigenvalue weighted by atomic mass is 19.1. The number of carboxylic acid groups (broad SMARTS) is 1. The summed E-state index contributed by atoms with van der Waals surface area (Å²) in [5, 5.41) is 80.4. The number of nitrogens with two attached hydrogens (primary N) is 1. The zero-order valence-corrected chi connectivity index (χ0v) is 73.4. The van der Waals surface area contributed by atoms with E-state index in [4.69, 9.17) is 16.0 Å². The molecule has 40 heteroatoms. The number of benzene rings is 4. The first-order valence-electron chi connectivity index (χ1n) is 42.7. The molecule has 2 heterocycles. The van der Waals surface area contributed by atoms with Crippen molar-refractivity contribution < 1.29 is 106 Å². The lowest BCUT2D eigenvalue weighted by molar-refractivity contribution is -0.143. The van der Waals surface area contributed by atoms with E-state index in [0.29, 0.717) is 74.2 Å². The Kier molecular flexibility index (Phi) is 42.8. The van der Waals surface area contributed by atoms with E-state index < -0.39 is 205 Å². The number of carbonyl (C=O) groups is 16. The number of carbonyl (C=O) groups excluding carboxylic acids is 15. The number of aliphatic carboxylic acids is 1. The molecule has 0 saturated heterocycles. The summed E-state index contributed by atoms with van der Waals surface area (Å²) in [4.78, 5) is 226. The number of aromatic amines is 2. The number of hydrogen-bond donors (Lipinski definition) is 15. The number of primary amides is 1. The number of imidazole rings is 1. The molecule has 0 aliphatic rings. The summed E-state index contributed by atoms with van der Waals surface area (Å²) in [6, 6.07) is 16.2. The quantitative estimate of drug-likeness (QED) is 0.00852. The Hall–Kier alpha value is -13.2. The van der Waals surface area contributed by atoms with Gasteiger partial charge in [-0.3, -0.25) is 76.7 Å². The van der Waals surface area contributed by atoms with Gasteiger partial charge in [0.05, 0.1) is 68.1 Å². The molecule has 0 unspecified atom stereocenters. The van der Waals surface area contributed by atoms with Crippen LogP contribution in [0.3, 0.4) is 0 Å². The molecule has 10 atom stereocenters. The number of aliphatic hydroxyl groups excluding tert-OH is 3. The van der Waals surface area contributed by atoms with Crippen molar-refractivity contribution in [1.29, 1.82) is 0 Å². The lowest BCUT2D eigenvalue weighted by Gasteiger charge is -2.33. The van der Waals surface area contributed by atoms with Gasteiger partial charge in [0.1, 0.15) is 40.9 Å². The van der Waals surface area contributed by atoms with Crippen molar-refractivity contribution in [3.8, 4) is 16.9 Å². The van der Waals surface area contributed by atoms with Crippen molar-refractivity contribution in [3.05, 3.63) is 159 Å². The molecule has 0 saturated carbocycles. The fourth-order valence-electron chi connectivity index (χ4n) is 13.9. The number of carboxylic acids is 1. The van der Waals surface area contributed by atoms with Crippen molar-refractivity contribution in [1.82, 2.24) is 73.1 Å². The summed E-state index contributed by atoms with van der Waals surface area (Å²) in [5.74, 6) is -17.2. The maximum atomic E-state index is 15.6. The third-order valence-corrected chi connectivity index (χ3v) is 21.8. The minimum Gasteiger partial charge on any atom is -0.494 e. The minimum absolute atomic E-state index is 0.0130. The van der Waals surface area contributed by atoms with Gasteiger partial charge in [0.25, 0.3) is 0 Å². The average Bonchev–Trinajstić information content (AvgIpc) is 1.29. The van der Waals surface area contributed by atoms with Crippen LogP contribution in [0.5, 0.6) is 5.75 Å². The standard InChI is InChI=1S/C89H117FN18O21/c1-8-57-40-65(129-38-13-12-36-98-106-92)29-30-66(57)58-25-23-55(24-26-58)39-60(83(124)99-68(82(91)123)18-14-15-54-19-21-56(22-20-54)47-95-76(118)33-28-64(113)49-96-77(119)32-27-63(112)9-2)41-72(115)70(44-79(121)122)100-84(125)61(50-109)42-73(116)80(52(3)110)103-87(128)89(7,45-59-16-10-11-17-67(59)90)46-74(117)81(53(4)111)102-78(120)34-31-71(114)69(43-75-104-107-108-105-75)101-86(127)88(5,6)85(126)94-37-35-62-48-93-51-97-62/h10-11,16-17,19-26,29-30,40,48,51-53,60-61,68-70,80-81,109-111H,8-9,12-15,18,27-28,31-39,41-47,49-50H2,1-7H3,(H2,91,123)(H,93,97)(H,94,126)(H,95,118)(H,96,119)(H,99,124)(H,100,125)(H,101,127)(H,102,120)(H,103,128)(H,121,122)(H,104,105,107,108)/t52-,53-,60-,61+,68+,69+,70+,80+,81+,89+/m1/s1. The molecule has 0 aliphatic carbocycles. The number of hydrogen-bond acceptors (Lipinski definition) is 25. The predicted molar refractivity (Wildman–Crippen MR) is 464 cm³/mol. The van der Waals surface area contributed by atoms with Gasteiger partial charge >= 0.3 is 5.97 Å². The number of aromatic nitrogens is 6. The molecule has 6 aromatic rings. The number of rotatable bonds is 61. The number of aliphatic hydroxyl groups is 3. The summed E-state index contributed by atoms with van der Waals surface area (Å²) in [5.41, 5.74) is 15.7. The van der Waals surface area contributed by atoms with Gasteiger partial charge in [0.2, 0.25) is 53.2 Å². The number of aryl methyl sites for hydroxylation is 2. The van der Waals surface area contributed by atoms with Crippen LogP contribution in [0, 0.1) is 28.5 Å². The summed E-state index contributed by atoms with van der Waals surface area (Å²) >= 11 is 0. The van der Waals surface area contributed by atoms with Crippen molar-refractivity contribution in [2.24, 2.45) is 33.5 Å². The Bertz CT molecular complexity index is 4890. The second kappa shape index (κ2) is 52.8. The van der Waals surface area contributed by atoms with E-state index in [0.717, 1.165) is 42.2 Å². The van der Waals surface area contributed by atoms with Crippen LogP contribution in [-0.4, -0.2) is 220 Å². The monoisotopic (exact) mass is 1790 g/mol. The minimum atomic E-state index is -2.14. The first-order valence-corrected chi connectivity index (χ1v) is 42.7. The van der Waals surface area contributed by atoms with Gasteiger partial charge in [-0.15, -0.1) is 10.2 Å². The molecule has 0 fully saturated rings. The Morgan fingerprint density at radius 3 is 1.90 bits per heavy atom. The number of nitrogens with one attached hydrogen (secondary N) is 10. The summed E-state index contributed by atoms with van der Waals surface area (Å²) in [6.07, 6.45) is -3.88. The fourth-order valence-corrected chi connectivity index (χ4v) is 13.9. The van der Waals surface area contributed by atoms with E-state index >= 15 is 4.39 Å². The van der Waals surface area contributed by atoms with Gasteiger partial charge in [-0.05, 0) is 142 Å². The van der Waals surface area contributed by atoms with Crippen LogP contribution in [0.25, 0.3) is 21.6 Å². The molecule has 16 N–H and O–H groups in total. The third kappa shape index (κ3) is 35.2. The number of tetrazole rings is 1. The lowest BCUT2D eigenvalue weighted by atomic mass is 9.76. The first kappa shape index (κ1) is 105. The second-order valence-corrected chi connectivity index (χ2v) is 32.5. The van der Waals surface area contributed by atoms with E-state index in [-0.39, 0.29) is 94.0 Å². The molecule has 0 spiro atoms. The van der Waals surface area contributed by atoms with Crippen molar-refractivity contribution in [2.45, 2.75) is 232 Å². The Morgan fingerprint density at radius 1 is 0.628 bits per heavy atom. The van der Waals surface area contributed by atoms with Crippen LogP contribution in [-0.2, 0) is 122 Å². The van der Waals surface area contributed by atoms with Crippen molar-refractivity contribution in [3.63, 3.8) is 0 Å². The molecule has 9 amide bonds. The third-order valence-electron chi connectivity index (χ3n) is 21.8. The number of Topliss-reactive ketones (excluding diaryl/α,β-unsaturated/α-hetero) is 6. The average molecular weight is 1790 g/mol. The fraction of sp³-hybridized carbons (Fsp3) is 0.506. The van der Waals surface area contributed by atoms with Gasteiger partial charge in [0, 0.05) is 119 Å². The molecular weight excluding hydrogens is 1680 g/mol. The summed E-state index contributed by atoms with van der Waals surface area (Å²) < 4.78 is 21.6. The molecule has 129 heavy (non-hydrogen) atoms. The van der Waals surface area contributed by atoms with Crippen molar-refractivity contribution in [2.75, 3.05) is 32.8 Å². The van der Waals surface area contributed by atoms with Crippen LogP contribution in [0.2, 0.25) is 0 Å². The Labute approximate surface area is 744 Å². The van der Waals surface area contributed by atoms with E-state index in [1.807, 2.05) is 19.1 Å². The summed E-state index contributed by atoms with van der Waals surface area (Å²) in [7, 11) is 0. The SMILES string of the molecule is CCC(=O)CCC(=O)NCC(=O)CCC(=O)NCc1ccc(CCC[C@H](NC(=O)[C@@H](CC(=O)[C@H](CC(=O)O)NC(=O)[C@H](CO)CC(=O)[C@@H](NC(=O)[C@](C)(CC(=O)[C@@H](NC(=O)CCC(=O)[C@H](Cc2nn[nH]n2)NC(=O)C(C)(C)C(=O)NCCc2cnc[nH]2)[C@@H](C)O)Cc2ccccc2F)[C@@H](C)O)Cc2ccc(-c3ccc(OCCCCN=[N+]=[N-])cc3CC)cc2)C(N)=O)cc1. The topological polar surface area (TPSA) is 617 Å². The van der Waals surface area contributed by atoms with Crippen LogP contribution in [0.4, 0.5) is 4.39 Å². The number of halogens is 1. The number of H-pyrrole nitrogens is 2. The largest absolute Gasteiger partial charge is 0.494 e. The first-order chi connectivity index (χ1) is 61.4. The number of nitrogens with zero attached hydrogens (tertiary/aromatic N) is 7. The number of amides is 9. The molecule has 0 bridgehead atoms. The molecular formula is C89H117FN18O21. The number of ketones is 6. The Balaban J connectivity index is 1.15. The van der Waals surface area contributed by atoms with Gasteiger partial charge in [-0.1, -0.05) is 104 Å². The smallest absolute Gasteiger partial charge is 0.305 e. The van der Waals surface area contributed by atoms with Gasteiger partial charge in [0.15, 0.2) is 34.7 Å². The van der Waals surface area contributed by atoms with Crippen LogP contribution < -0.4 is 53.0 Å². The van der Waals surface area contributed by atoms with E-state index in [1.165, 1.54) is 45.3 Å². The van der Waals surface area contributed by atoms with Gasteiger partial charge in [-0.25, -0.2) is 9.37 Å². The number of ether oxygens (including phenoxy) is 1. The van der Waals surface area contributed by atoms with E-state index in [9.17, 15) is 97.1 Å². The highest BCUT2D eigenvalue weighted by Crippen LogP contribution is 2.33. The maximum absolute atomic E-state index is 15.6. The zero-order chi connectivity index (χ0) is 94.9. The van der Waals surface area contributed by atoms with Gasteiger partial charge in [-0.2, -0.15) is 5.21 Å². The van der Waals surface area contributed by atoms with Crippen LogP contribution in [0.15, 0.2) is 109 Å². The molecule has 4 aromatic carbocycles. The van der Waals surface area contributed by atoms with Crippen LogP contribution in [0.1, 0.15) is 184 Å². The number of azide groups is 1. The summed E-state index contributed by atoms with van der Waals surface area (Å²) in [6.45, 7) is 9.21. The van der Waals surface area contributed by atoms with E-state index in [1.54, 1.807) is 67.7 Å². The maximum Gasteiger partial charge on any atom is 0.305 e. The second-order valence-electron chi connectivity index (χ2n) is 32.5.